The molecule has 17 heavy (non-hydrogen) atoms. The molecule has 1 aliphatic carbocycles. The first kappa shape index (κ1) is 12.3. The molecule has 1 atom stereocenters. The number of rotatable bonds is 6. The Morgan fingerprint density at radius 3 is 3.00 bits per heavy atom. The lowest BCUT2D eigenvalue weighted by molar-refractivity contribution is 0.104. The van der Waals surface area contributed by atoms with Gasteiger partial charge in [0.05, 0.1) is 0 Å². The number of aliphatic hydroxyl groups excluding tert-OH is 1. The quantitative estimate of drug-likeness (QED) is 0.792. The van der Waals surface area contributed by atoms with E-state index in [1.807, 2.05) is 6.92 Å². The minimum Gasteiger partial charge on any atom is -0.488 e. The van der Waals surface area contributed by atoms with E-state index in [0.717, 1.165) is 5.56 Å². The van der Waals surface area contributed by atoms with Gasteiger partial charge in [-0.1, -0.05) is 6.07 Å². The fourth-order valence-electron chi connectivity index (χ4n) is 1.56. The van der Waals surface area contributed by atoms with E-state index in [0.29, 0.717) is 12.6 Å². The van der Waals surface area contributed by atoms with E-state index in [2.05, 4.69) is 5.32 Å². The lowest BCUT2D eigenvalue weighted by Crippen LogP contribution is -2.32. The highest BCUT2D eigenvalue weighted by Crippen LogP contribution is 2.19. The lowest BCUT2D eigenvalue weighted by atomic mass is 10.2. The topological polar surface area (TPSA) is 41.5 Å². The third-order valence-electron chi connectivity index (χ3n) is 2.74. The zero-order valence-electron chi connectivity index (χ0n) is 9.95. The van der Waals surface area contributed by atoms with Gasteiger partial charge in [-0.05, 0) is 37.5 Å². The fraction of sp³-hybridized carbons (Fsp3) is 0.538. The van der Waals surface area contributed by atoms with Crippen LogP contribution in [0, 0.1) is 12.7 Å². The van der Waals surface area contributed by atoms with Gasteiger partial charge in [-0.2, -0.15) is 0 Å². The molecule has 0 spiro atoms. The maximum absolute atomic E-state index is 13.3. The van der Waals surface area contributed by atoms with Crippen LogP contribution in [0.15, 0.2) is 18.2 Å². The summed E-state index contributed by atoms with van der Waals surface area (Å²) >= 11 is 0. The van der Waals surface area contributed by atoms with Crippen molar-refractivity contribution in [3.8, 4) is 5.75 Å². The van der Waals surface area contributed by atoms with Crippen LogP contribution in [0.1, 0.15) is 18.4 Å². The monoisotopic (exact) mass is 239 g/mol. The van der Waals surface area contributed by atoms with E-state index in [9.17, 15) is 9.50 Å². The number of ether oxygens (including phenoxy) is 1. The number of hydrogen-bond donors (Lipinski definition) is 2. The van der Waals surface area contributed by atoms with Crippen molar-refractivity contribution in [1.29, 1.82) is 0 Å². The average Bonchev–Trinajstić information content (AvgIpc) is 3.11. The van der Waals surface area contributed by atoms with Gasteiger partial charge in [0.2, 0.25) is 0 Å². The second-order valence-electron chi connectivity index (χ2n) is 4.58. The smallest absolute Gasteiger partial charge is 0.165 e. The Bertz CT molecular complexity index is 380. The molecule has 0 aliphatic heterocycles. The third-order valence-corrected chi connectivity index (χ3v) is 2.74. The molecular weight excluding hydrogens is 221 g/mol. The molecule has 1 aromatic carbocycles. The van der Waals surface area contributed by atoms with Gasteiger partial charge in [-0.15, -0.1) is 0 Å². The molecule has 2 N–H and O–H groups in total. The first-order chi connectivity index (χ1) is 8.15. The van der Waals surface area contributed by atoms with Gasteiger partial charge < -0.3 is 15.2 Å². The number of aliphatic hydroxyl groups is 1. The Morgan fingerprint density at radius 1 is 1.53 bits per heavy atom. The molecule has 2 rings (SSSR count). The number of benzene rings is 1. The molecule has 0 bridgehead atoms. The van der Waals surface area contributed by atoms with Crippen LogP contribution in [0.25, 0.3) is 0 Å². The molecular formula is C13H18FNO2. The molecule has 1 saturated carbocycles. The molecule has 3 nitrogen and oxygen atoms in total. The summed E-state index contributed by atoms with van der Waals surface area (Å²) in [5, 5.41) is 12.8. The standard InChI is InChI=1S/C13H18FNO2/c1-9-2-5-12(14)13(6-9)17-8-11(16)7-15-10-3-4-10/h2,5-6,10-11,15-16H,3-4,7-8H2,1H3. The van der Waals surface area contributed by atoms with Crippen molar-refractivity contribution in [2.45, 2.75) is 31.9 Å². The molecule has 94 valence electrons. The lowest BCUT2D eigenvalue weighted by Gasteiger charge is -2.13. The highest BCUT2D eigenvalue weighted by Gasteiger charge is 2.21. The van der Waals surface area contributed by atoms with Crippen molar-refractivity contribution >= 4 is 0 Å². The molecule has 0 aromatic heterocycles. The van der Waals surface area contributed by atoms with Crippen LogP contribution in [0.5, 0.6) is 5.75 Å². The van der Waals surface area contributed by atoms with Crippen molar-refractivity contribution in [3.05, 3.63) is 29.6 Å². The Hall–Kier alpha value is -1.13. The largest absolute Gasteiger partial charge is 0.488 e. The molecule has 1 aliphatic rings. The fourth-order valence-corrected chi connectivity index (χ4v) is 1.56. The average molecular weight is 239 g/mol. The summed E-state index contributed by atoms with van der Waals surface area (Å²) < 4.78 is 18.6. The van der Waals surface area contributed by atoms with Crippen LogP contribution >= 0.6 is 0 Å². The number of nitrogens with one attached hydrogen (secondary N) is 1. The first-order valence-electron chi connectivity index (χ1n) is 5.95. The van der Waals surface area contributed by atoms with Crippen LogP contribution in [0.3, 0.4) is 0 Å². The van der Waals surface area contributed by atoms with E-state index in [1.54, 1.807) is 12.1 Å². The molecule has 1 unspecified atom stereocenters. The van der Waals surface area contributed by atoms with E-state index in [1.165, 1.54) is 18.9 Å². The molecule has 0 radical (unpaired) electrons. The van der Waals surface area contributed by atoms with Crippen molar-refractivity contribution in [3.63, 3.8) is 0 Å². The van der Waals surface area contributed by atoms with Crippen molar-refractivity contribution in [1.82, 2.24) is 5.32 Å². The van der Waals surface area contributed by atoms with E-state index < -0.39 is 11.9 Å². The minimum atomic E-state index is -0.601. The Morgan fingerprint density at radius 2 is 2.29 bits per heavy atom. The van der Waals surface area contributed by atoms with Crippen molar-refractivity contribution in [2.24, 2.45) is 0 Å². The van der Waals surface area contributed by atoms with E-state index in [-0.39, 0.29) is 12.4 Å². The molecule has 1 fully saturated rings. The summed E-state index contributed by atoms with van der Waals surface area (Å²) in [6.07, 6.45) is 1.76. The maximum atomic E-state index is 13.3. The van der Waals surface area contributed by atoms with Gasteiger partial charge >= 0.3 is 0 Å². The highest BCUT2D eigenvalue weighted by molar-refractivity contribution is 5.29. The zero-order chi connectivity index (χ0) is 12.3. The van der Waals surface area contributed by atoms with Gasteiger partial charge in [0, 0.05) is 12.6 Å². The van der Waals surface area contributed by atoms with Gasteiger partial charge in [-0.25, -0.2) is 4.39 Å². The second-order valence-corrected chi connectivity index (χ2v) is 4.58. The highest BCUT2D eigenvalue weighted by atomic mass is 19.1. The normalized spacial score (nSPS) is 16.9. The van der Waals surface area contributed by atoms with E-state index >= 15 is 0 Å². The number of halogens is 1. The molecule has 0 amide bonds. The number of hydrogen-bond acceptors (Lipinski definition) is 3. The van der Waals surface area contributed by atoms with Crippen LogP contribution in [0.4, 0.5) is 4.39 Å². The van der Waals surface area contributed by atoms with Crippen molar-refractivity contribution < 1.29 is 14.2 Å². The van der Waals surface area contributed by atoms with Crippen LogP contribution in [0.2, 0.25) is 0 Å². The molecule has 0 heterocycles. The summed E-state index contributed by atoms with van der Waals surface area (Å²) in [4.78, 5) is 0. The second kappa shape index (κ2) is 5.47. The van der Waals surface area contributed by atoms with Crippen LogP contribution in [-0.4, -0.2) is 30.4 Å². The minimum absolute atomic E-state index is 0.111. The molecule has 0 saturated heterocycles. The molecule has 1 aromatic rings. The summed E-state index contributed by atoms with van der Waals surface area (Å²) in [7, 11) is 0. The Balaban J connectivity index is 1.77. The Kier molecular flexibility index (Phi) is 3.97. The van der Waals surface area contributed by atoms with Crippen molar-refractivity contribution in [2.75, 3.05) is 13.2 Å². The van der Waals surface area contributed by atoms with Crippen LogP contribution < -0.4 is 10.1 Å². The first-order valence-corrected chi connectivity index (χ1v) is 5.95. The maximum Gasteiger partial charge on any atom is 0.165 e. The SMILES string of the molecule is Cc1ccc(F)c(OCC(O)CNC2CC2)c1. The zero-order valence-corrected chi connectivity index (χ0v) is 9.95. The summed E-state index contributed by atoms with van der Waals surface area (Å²) in [5.74, 6) is -0.187. The predicted molar refractivity (Wildman–Crippen MR) is 63.7 cm³/mol. The predicted octanol–water partition coefficient (Wildman–Crippen LogP) is 1.63. The van der Waals surface area contributed by atoms with Gasteiger partial charge in [-0.3, -0.25) is 0 Å². The summed E-state index contributed by atoms with van der Waals surface area (Å²) in [5.41, 5.74) is 0.937. The van der Waals surface area contributed by atoms with Gasteiger partial charge in [0.1, 0.15) is 12.7 Å². The van der Waals surface area contributed by atoms with E-state index in [4.69, 9.17) is 4.74 Å². The Labute approximate surface area is 101 Å². The number of aryl methyl sites for hydroxylation is 1. The van der Waals surface area contributed by atoms with Gasteiger partial charge in [0.25, 0.3) is 0 Å². The van der Waals surface area contributed by atoms with Crippen LogP contribution in [-0.2, 0) is 0 Å². The molecule has 4 heteroatoms. The summed E-state index contributed by atoms with van der Waals surface area (Å²) in [6.45, 7) is 2.48. The van der Waals surface area contributed by atoms with Gasteiger partial charge in [0.15, 0.2) is 11.6 Å². The third kappa shape index (κ3) is 3.98. The summed E-state index contributed by atoms with van der Waals surface area (Å²) in [6, 6.07) is 5.25.